The number of carbonyl (C=O) groups excluding carboxylic acids is 2. The summed E-state index contributed by atoms with van der Waals surface area (Å²) >= 11 is 0. The van der Waals surface area contributed by atoms with Gasteiger partial charge in [-0.3, -0.25) is 4.79 Å². The van der Waals surface area contributed by atoms with Crippen LogP contribution in [0.25, 0.3) is 22.2 Å². The van der Waals surface area contributed by atoms with Crippen LogP contribution in [0.5, 0.6) is 0 Å². The quantitative estimate of drug-likeness (QED) is 0.507. The maximum Gasteiger partial charge on any atom is 0.338 e. The van der Waals surface area contributed by atoms with Gasteiger partial charge < -0.3 is 14.6 Å². The predicted molar refractivity (Wildman–Crippen MR) is 108 cm³/mol. The number of carbonyl (C=O) groups is 2. The third kappa shape index (κ3) is 4.32. The highest BCUT2D eigenvalue weighted by Crippen LogP contribution is 2.29. The third-order valence-corrected chi connectivity index (χ3v) is 4.42. The van der Waals surface area contributed by atoms with E-state index in [1.165, 1.54) is 0 Å². The van der Waals surface area contributed by atoms with Crippen LogP contribution in [-0.2, 0) is 16.1 Å². The summed E-state index contributed by atoms with van der Waals surface area (Å²) in [6, 6.07) is 24.0. The Bertz CT molecular complexity index is 1140. The van der Waals surface area contributed by atoms with Crippen molar-refractivity contribution in [3.63, 3.8) is 0 Å². The Labute approximate surface area is 167 Å². The Morgan fingerprint density at radius 2 is 1.66 bits per heavy atom. The van der Waals surface area contributed by atoms with E-state index in [2.05, 4.69) is 10.5 Å². The molecule has 0 radical (unpaired) electrons. The van der Waals surface area contributed by atoms with E-state index in [9.17, 15) is 9.59 Å². The topological polar surface area (TPSA) is 81.4 Å². The average molecular weight is 386 g/mol. The molecule has 0 bridgehead atoms. The molecule has 0 spiro atoms. The van der Waals surface area contributed by atoms with E-state index in [1.54, 1.807) is 18.2 Å². The highest BCUT2D eigenvalue weighted by atomic mass is 16.5. The minimum Gasteiger partial charge on any atom is -0.452 e. The lowest BCUT2D eigenvalue weighted by molar-refractivity contribution is -0.124. The highest BCUT2D eigenvalue weighted by molar-refractivity contribution is 5.99. The molecule has 1 aromatic heterocycles. The fraction of sp³-hybridized carbons (Fsp3) is 0.0870. The van der Waals surface area contributed by atoms with E-state index < -0.39 is 5.97 Å². The van der Waals surface area contributed by atoms with Crippen LogP contribution in [0.15, 0.2) is 83.4 Å². The molecule has 1 heterocycles. The molecule has 0 aliphatic rings. The molecule has 0 atom stereocenters. The molecule has 6 heteroatoms. The van der Waals surface area contributed by atoms with Crippen molar-refractivity contribution in [2.24, 2.45) is 0 Å². The van der Waals surface area contributed by atoms with Gasteiger partial charge in [0, 0.05) is 12.1 Å². The SMILES string of the molecule is O=C(COC(=O)c1ccc2noc(-c3ccccc3)c2c1)NCc1ccccc1. The maximum atomic E-state index is 12.4. The summed E-state index contributed by atoms with van der Waals surface area (Å²) in [6.45, 7) is 0.0309. The van der Waals surface area contributed by atoms with Gasteiger partial charge in [0.05, 0.1) is 10.9 Å². The number of nitrogens with zero attached hydrogens (tertiary/aromatic N) is 1. The van der Waals surface area contributed by atoms with Crippen LogP contribution in [0, 0.1) is 0 Å². The lowest BCUT2D eigenvalue weighted by atomic mass is 10.1. The number of hydrogen-bond donors (Lipinski definition) is 1. The highest BCUT2D eigenvalue weighted by Gasteiger charge is 2.15. The fourth-order valence-corrected chi connectivity index (χ4v) is 2.93. The normalized spacial score (nSPS) is 10.6. The van der Waals surface area contributed by atoms with Gasteiger partial charge in [0.1, 0.15) is 5.52 Å². The van der Waals surface area contributed by atoms with Crippen molar-refractivity contribution in [3.8, 4) is 11.3 Å². The van der Waals surface area contributed by atoms with Gasteiger partial charge in [-0.1, -0.05) is 65.8 Å². The van der Waals surface area contributed by atoms with Crippen molar-refractivity contribution in [3.05, 3.63) is 90.0 Å². The van der Waals surface area contributed by atoms with Crippen molar-refractivity contribution in [2.45, 2.75) is 6.54 Å². The van der Waals surface area contributed by atoms with Crippen molar-refractivity contribution in [1.29, 1.82) is 0 Å². The maximum absolute atomic E-state index is 12.4. The predicted octanol–water partition coefficient (Wildman–Crippen LogP) is 3.97. The first-order valence-corrected chi connectivity index (χ1v) is 9.13. The summed E-state index contributed by atoms with van der Waals surface area (Å²) in [5, 5.41) is 7.46. The van der Waals surface area contributed by atoms with Crippen LogP contribution in [0.1, 0.15) is 15.9 Å². The second-order valence-electron chi connectivity index (χ2n) is 6.45. The van der Waals surface area contributed by atoms with Crippen LogP contribution in [0.2, 0.25) is 0 Å². The van der Waals surface area contributed by atoms with Gasteiger partial charge in [-0.15, -0.1) is 0 Å². The second-order valence-corrected chi connectivity index (χ2v) is 6.45. The Morgan fingerprint density at radius 1 is 0.931 bits per heavy atom. The first kappa shape index (κ1) is 18.4. The Kier molecular flexibility index (Phi) is 5.33. The molecule has 4 rings (SSSR count). The molecule has 6 nitrogen and oxygen atoms in total. The molecule has 29 heavy (non-hydrogen) atoms. The first-order chi connectivity index (χ1) is 14.2. The van der Waals surface area contributed by atoms with E-state index in [-0.39, 0.29) is 12.5 Å². The molecule has 3 aromatic carbocycles. The van der Waals surface area contributed by atoms with E-state index in [1.807, 2.05) is 60.7 Å². The van der Waals surface area contributed by atoms with Gasteiger partial charge in [-0.05, 0) is 23.8 Å². The standard InChI is InChI=1S/C23H18N2O4/c26-21(24-14-16-7-3-1-4-8-16)15-28-23(27)18-11-12-20-19(13-18)22(29-25-20)17-9-5-2-6-10-17/h1-13H,14-15H2,(H,24,26). The number of esters is 1. The zero-order valence-electron chi connectivity index (χ0n) is 15.5. The molecule has 1 N–H and O–H groups in total. The minimum absolute atomic E-state index is 0.328. The lowest BCUT2D eigenvalue weighted by Gasteiger charge is -2.07. The van der Waals surface area contributed by atoms with Crippen LogP contribution >= 0.6 is 0 Å². The van der Waals surface area contributed by atoms with Crippen molar-refractivity contribution in [1.82, 2.24) is 10.5 Å². The van der Waals surface area contributed by atoms with Gasteiger partial charge >= 0.3 is 5.97 Å². The van der Waals surface area contributed by atoms with Gasteiger partial charge in [-0.25, -0.2) is 4.79 Å². The molecular formula is C23H18N2O4. The van der Waals surface area contributed by atoms with E-state index in [4.69, 9.17) is 9.26 Å². The largest absolute Gasteiger partial charge is 0.452 e. The molecule has 0 saturated carbocycles. The molecule has 0 unspecified atom stereocenters. The molecule has 4 aromatic rings. The van der Waals surface area contributed by atoms with E-state index in [0.29, 0.717) is 28.8 Å². The van der Waals surface area contributed by atoms with Crippen molar-refractivity contribution < 1.29 is 18.8 Å². The summed E-state index contributed by atoms with van der Waals surface area (Å²) in [6.07, 6.45) is 0. The zero-order chi connectivity index (χ0) is 20.1. The number of hydrogen-bond acceptors (Lipinski definition) is 5. The van der Waals surface area contributed by atoms with Crippen LogP contribution in [0.4, 0.5) is 0 Å². The van der Waals surface area contributed by atoms with Crippen LogP contribution in [0.3, 0.4) is 0 Å². The Morgan fingerprint density at radius 3 is 2.41 bits per heavy atom. The number of aromatic nitrogens is 1. The monoisotopic (exact) mass is 386 g/mol. The van der Waals surface area contributed by atoms with E-state index >= 15 is 0 Å². The summed E-state index contributed by atoms with van der Waals surface area (Å²) in [4.78, 5) is 24.3. The zero-order valence-corrected chi connectivity index (χ0v) is 15.5. The number of benzene rings is 3. The van der Waals surface area contributed by atoms with E-state index in [0.717, 1.165) is 11.1 Å². The van der Waals surface area contributed by atoms with Crippen molar-refractivity contribution >= 4 is 22.8 Å². The number of ether oxygens (including phenoxy) is 1. The minimum atomic E-state index is -0.582. The summed E-state index contributed by atoms with van der Waals surface area (Å²) < 4.78 is 10.6. The summed E-state index contributed by atoms with van der Waals surface area (Å²) in [7, 11) is 0. The number of rotatable bonds is 6. The third-order valence-electron chi connectivity index (χ3n) is 4.42. The molecule has 0 aliphatic heterocycles. The second kappa shape index (κ2) is 8.39. The molecule has 0 aliphatic carbocycles. The molecule has 0 saturated heterocycles. The average Bonchev–Trinajstić information content (AvgIpc) is 3.20. The summed E-state index contributed by atoms with van der Waals surface area (Å²) in [5.41, 5.74) is 2.80. The van der Waals surface area contributed by atoms with Gasteiger partial charge in [-0.2, -0.15) is 0 Å². The van der Waals surface area contributed by atoms with Crippen molar-refractivity contribution in [2.75, 3.05) is 6.61 Å². The summed E-state index contributed by atoms with van der Waals surface area (Å²) in [5.74, 6) is -0.365. The Hall–Kier alpha value is -3.93. The molecule has 1 amide bonds. The number of nitrogens with one attached hydrogen (secondary N) is 1. The molecule has 0 fully saturated rings. The lowest BCUT2D eigenvalue weighted by Crippen LogP contribution is -2.28. The first-order valence-electron chi connectivity index (χ1n) is 9.13. The number of amides is 1. The van der Waals surface area contributed by atoms with Crippen LogP contribution in [-0.4, -0.2) is 23.6 Å². The molecular weight excluding hydrogens is 368 g/mol. The number of fused-ring (bicyclic) bond motifs is 1. The van der Waals surface area contributed by atoms with Gasteiger partial charge in [0.25, 0.3) is 5.91 Å². The van der Waals surface area contributed by atoms with Crippen LogP contribution < -0.4 is 5.32 Å². The van der Waals surface area contributed by atoms with Gasteiger partial charge in [0.15, 0.2) is 12.4 Å². The fourth-order valence-electron chi connectivity index (χ4n) is 2.93. The molecule has 144 valence electrons. The smallest absolute Gasteiger partial charge is 0.338 e. The Balaban J connectivity index is 1.41. The van der Waals surface area contributed by atoms with Gasteiger partial charge in [0.2, 0.25) is 0 Å².